The van der Waals surface area contributed by atoms with E-state index in [2.05, 4.69) is 0 Å². The fraction of sp³-hybridized carbons (Fsp3) is 0.727. The molecule has 0 bridgehead atoms. The van der Waals surface area contributed by atoms with Crippen molar-refractivity contribution in [2.75, 3.05) is 27.2 Å². The van der Waals surface area contributed by atoms with Gasteiger partial charge in [-0.05, 0) is 7.05 Å². The van der Waals surface area contributed by atoms with Crippen molar-refractivity contribution in [3.8, 4) is 0 Å². The predicted octanol–water partition coefficient (Wildman–Crippen LogP) is -6.47. The number of aliphatic carboxylic acids is 1. The Balaban J connectivity index is 1.75. The zero-order valence-corrected chi connectivity index (χ0v) is 21.5. The number of hydrogen-bond donors (Lipinski definition) is 8. The van der Waals surface area contributed by atoms with E-state index in [-0.39, 0.29) is 13.1 Å². The van der Waals surface area contributed by atoms with Crippen LogP contribution in [0, 0.1) is 0 Å². The van der Waals surface area contributed by atoms with Crippen LogP contribution in [0.15, 0.2) is 21.9 Å². The SMILES string of the molecule is CN1C[C@H](O)[C@@H](C(=O)O)N(C)C(=O)[C@@H]1C(O[C@@H]1O[C@H](CN)[C@@H](O)[C@H]1O)[C@H]1O[C@@H](n2ccc(=O)[nH]c2=O)[C@H](O)[C@@H]1O. The minimum absolute atomic E-state index is 0.210. The van der Waals surface area contributed by atoms with Crippen LogP contribution in [0.2, 0.25) is 0 Å². The zero-order chi connectivity index (χ0) is 29.6. The first-order valence-electron chi connectivity index (χ1n) is 12.4. The number of carboxylic acids is 1. The Morgan fingerprint density at radius 3 is 2.35 bits per heavy atom. The van der Waals surface area contributed by atoms with Gasteiger partial charge in [-0.1, -0.05) is 0 Å². The minimum Gasteiger partial charge on any atom is -0.480 e. The Bertz CT molecular complexity index is 1210. The molecule has 3 aliphatic heterocycles. The first kappa shape index (κ1) is 30.2. The number of aliphatic hydroxyl groups is 5. The number of hydrogen-bond acceptors (Lipinski definition) is 14. The molecule has 4 rings (SSSR count). The van der Waals surface area contributed by atoms with Gasteiger partial charge < -0.3 is 55.5 Å². The Hall–Kier alpha value is -2.78. The van der Waals surface area contributed by atoms with Gasteiger partial charge in [0.25, 0.3) is 5.56 Å². The number of amides is 1. The topological polar surface area (TPSA) is 271 Å². The van der Waals surface area contributed by atoms with Crippen molar-refractivity contribution in [3.63, 3.8) is 0 Å². The van der Waals surface area contributed by atoms with E-state index in [1.165, 1.54) is 11.9 Å². The average Bonchev–Trinajstić information content (AvgIpc) is 3.29. The third kappa shape index (κ3) is 5.30. The predicted molar refractivity (Wildman–Crippen MR) is 128 cm³/mol. The van der Waals surface area contributed by atoms with Gasteiger partial charge in [0.2, 0.25) is 5.91 Å². The molecule has 40 heavy (non-hydrogen) atoms. The standard InChI is InChI=1S/C22H33N5O13/c1-25-6-7(28)10(20(35)36)26(2)18(34)11(25)16(40-21-15(33)12(30)8(5-23)38-21)17-13(31)14(32)19(39-17)27-4-3-9(29)24-22(27)37/h3-4,7-8,10-17,19,21,28,30-33H,5-6,23H2,1-2H3,(H,35,36)(H,24,29,37)/t7-,8+,10-,11-,12+,13-,14+,15+,16?,17-,19+,21-/m0/s1. The largest absolute Gasteiger partial charge is 0.480 e. The number of carbonyl (C=O) groups excluding carboxylic acids is 1. The highest BCUT2D eigenvalue weighted by Crippen LogP contribution is 2.36. The highest BCUT2D eigenvalue weighted by atomic mass is 16.7. The molecule has 0 radical (unpaired) electrons. The second-order valence-corrected chi connectivity index (χ2v) is 10.0. The molecule has 224 valence electrons. The van der Waals surface area contributed by atoms with E-state index in [1.54, 1.807) is 0 Å². The van der Waals surface area contributed by atoms with Gasteiger partial charge in [-0.2, -0.15) is 0 Å². The van der Waals surface area contributed by atoms with E-state index in [1.807, 2.05) is 4.98 Å². The van der Waals surface area contributed by atoms with Crippen LogP contribution >= 0.6 is 0 Å². The summed E-state index contributed by atoms with van der Waals surface area (Å²) in [7, 11) is 2.51. The molecule has 9 N–H and O–H groups in total. The molecule has 18 nitrogen and oxygen atoms in total. The maximum absolute atomic E-state index is 13.6. The van der Waals surface area contributed by atoms with Crippen molar-refractivity contribution >= 4 is 11.9 Å². The number of carbonyl (C=O) groups is 2. The van der Waals surface area contributed by atoms with E-state index in [4.69, 9.17) is 19.9 Å². The van der Waals surface area contributed by atoms with Crippen molar-refractivity contribution in [3.05, 3.63) is 33.1 Å². The number of aliphatic hydroxyl groups excluding tert-OH is 5. The lowest BCUT2D eigenvalue weighted by Crippen LogP contribution is -2.59. The van der Waals surface area contributed by atoms with Crippen molar-refractivity contribution in [1.29, 1.82) is 0 Å². The summed E-state index contributed by atoms with van der Waals surface area (Å²) >= 11 is 0. The number of rotatable bonds is 7. The zero-order valence-electron chi connectivity index (χ0n) is 21.5. The van der Waals surface area contributed by atoms with Gasteiger partial charge in [0, 0.05) is 32.4 Å². The number of nitrogens with zero attached hydrogens (tertiary/aromatic N) is 3. The van der Waals surface area contributed by atoms with Crippen molar-refractivity contribution < 1.29 is 54.4 Å². The fourth-order valence-electron chi connectivity index (χ4n) is 5.35. The summed E-state index contributed by atoms with van der Waals surface area (Å²) in [6.07, 6.45) is -14.8. The number of nitrogens with two attached hydrogens (primary N) is 1. The van der Waals surface area contributed by atoms with Gasteiger partial charge in [-0.3, -0.25) is 24.0 Å². The quantitative estimate of drug-likeness (QED) is 0.150. The molecule has 12 atom stereocenters. The van der Waals surface area contributed by atoms with Crippen LogP contribution in [0.1, 0.15) is 6.23 Å². The highest BCUT2D eigenvalue weighted by Gasteiger charge is 2.56. The van der Waals surface area contributed by atoms with Gasteiger partial charge in [-0.25, -0.2) is 9.59 Å². The van der Waals surface area contributed by atoms with E-state index < -0.39 is 96.6 Å². The molecule has 0 saturated carbocycles. The fourth-order valence-corrected chi connectivity index (χ4v) is 5.35. The van der Waals surface area contributed by atoms with Crippen LogP contribution in [-0.4, -0.2) is 156 Å². The lowest BCUT2D eigenvalue weighted by molar-refractivity contribution is -0.233. The molecule has 0 aliphatic carbocycles. The van der Waals surface area contributed by atoms with Gasteiger partial charge in [0.15, 0.2) is 18.6 Å². The normalized spacial score (nSPS) is 39.9. The highest BCUT2D eigenvalue weighted by molar-refractivity contribution is 5.88. The lowest BCUT2D eigenvalue weighted by atomic mass is 9.97. The maximum atomic E-state index is 13.6. The second-order valence-electron chi connectivity index (χ2n) is 10.0. The summed E-state index contributed by atoms with van der Waals surface area (Å²) < 4.78 is 18.1. The van der Waals surface area contributed by atoms with Gasteiger partial charge in [0.05, 0.1) is 6.10 Å². The number of H-pyrrole nitrogens is 1. The molecule has 4 heterocycles. The van der Waals surface area contributed by atoms with Crippen LogP contribution in [0.3, 0.4) is 0 Å². The van der Waals surface area contributed by atoms with Crippen molar-refractivity contribution in [2.45, 2.75) is 73.4 Å². The van der Waals surface area contributed by atoms with Crippen LogP contribution in [0.25, 0.3) is 0 Å². The lowest BCUT2D eigenvalue weighted by Gasteiger charge is -2.38. The first-order valence-corrected chi connectivity index (χ1v) is 12.4. The molecular weight excluding hydrogens is 542 g/mol. The maximum Gasteiger partial charge on any atom is 0.330 e. The molecule has 18 heteroatoms. The third-order valence-corrected chi connectivity index (χ3v) is 7.46. The molecule has 3 fully saturated rings. The number of aromatic amines is 1. The Labute approximate surface area is 225 Å². The Morgan fingerprint density at radius 2 is 1.77 bits per heavy atom. The number of carboxylic acid groups (broad SMARTS) is 1. The summed E-state index contributed by atoms with van der Waals surface area (Å²) in [5.41, 5.74) is 3.87. The average molecular weight is 576 g/mol. The first-order chi connectivity index (χ1) is 18.8. The number of nitrogens with one attached hydrogen (secondary N) is 1. The molecule has 0 spiro atoms. The molecule has 1 amide bonds. The van der Waals surface area contributed by atoms with Crippen molar-refractivity contribution in [2.24, 2.45) is 5.73 Å². The van der Waals surface area contributed by atoms with Gasteiger partial charge >= 0.3 is 11.7 Å². The Morgan fingerprint density at radius 1 is 1.10 bits per heavy atom. The molecule has 3 saturated heterocycles. The number of likely N-dealkylation sites (N-methyl/N-ethyl adjacent to an activating group) is 2. The summed E-state index contributed by atoms with van der Waals surface area (Å²) in [5, 5.41) is 62.8. The molecule has 3 aliphatic rings. The van der Waals surface area contributed by atoms with Gasteiger partial charge in [-0.15, -0.1) is 0 Å². The summed E-state index contributed by atoms with van der Waals surface area (Å²) in [6, 6.07) is -2.18. The number of ether oxygens (including phenoxy) is 3. The van der Waals surface area contributed by atoms with Gasteiger partial charge in [0.1, 0.15) is 48.8 Å². The van der Waals surface area contributed by atoms with Crippen molar-refractivity contribution in [1.82, 2.24) is 19.4 Å². The summed E-state index contributed by atoms with van der Waals surface area (Å²) in [5.74, 6) is -2.38. The van der Waals surface area contributed by atoms with Crippen LogP contribution < -0.4 is 17.0 Å². The van der Waals surface area contributed by atoms with Crippen LogP contribution in [0.5, 0.6) is 0 Å². The molecular formula is C22H33N5O13. The van der Waals surface area contributed by atoms with E-state index >= 15 is 0 Å². The van der Waals surface area contributed by atoms with E-state index in [0.717, 1.165) is 28.8 Å². The number of β-amino-alcohol motifs (C(OH)–C–C–N with tert-alkyl or cyclic N) is 1. The van der Waals surface area contributed by atoms with Crippen LogP contribution in [0.4, 0.5) is 0 Å². The second kappa shape index (κ2) is 11.6. The monoisotopic (exact) mass is 575 g/mol. The smallest absolute Gasteiger partial charge is 0.330 e. The van der Waals surface area contributed by atoms with E-state index in [9.17, 15) is 49.8 Å². The molecule has 1 unspecified atom stereocenters. The Kier molecular flexibility index (Phi) is 8.76. The molecule has 1 aromatic rings. The van der Waals surface area contributed by atoms with Crippen LogP contribution in [-0.2, 0) is 23.8 Å². The molecule has 1 aromatic heterocycles. The number of aromatic nitrogens is 2. The summed E-state index contributed by atoms with van der Waals surface area (Å²) in [4.78, 5) is 53.4. The third-order valence-electron chi connectivity index (χ3n) is 7.46. The minimum atomic E-state index is -1.84. The van der Waals surface area contributed by atoms with E-state index in [0.29, 0.717) is 0 Å². The summed E-state index contributed by atoms with van der Waals surface area (Å²) in [6.45, 7) is -0.577. The molecule has 0 aromatic carbocycles.